The van der Waals surface area contributed by atoms with Crippen molar-refractivity contribution in [1.29, 1.82) is 0 Å². The Morgan fingerprint density at radius 3 is 1.85 bits per heavy atom. The number of ether oxygens (including phenoxy) is 5. The van der Waals surface area contributed by atoms with Crippen molar-refractivity contribution in [3.8, 4) is 22.6 Å². The normalized spacial score (nSPS) is 10.7. The van der Waals surface area contributed by atoms with Crippen molar-refractivity contribution in [2.24, 2.45) is 0 Å². The number of carbonyl (C=O) groups excluding carboxylic acids is 1. The van der Waals surface area contributed by atoms with Crippen LogP contribution in [0, 0.1) is 11.6 Å². The summed E-state index contributed by atoms with van der Waals surface area (Å²) in [5.41, 5.74) is 2.19. The Kier molecular flexibility index (Phi) is 17.0. The van der Waals surface area contributed by atoms with Crippen molar-refractivity contribution < 1.29 is 37.3 Å². The summed E-state index contributed by atoms with van der Waals surface area (Å²) in [7, 11) is 0. The monoisotopic (exact) mass is 636 g/mol. The first kappa shape index (κ1) is 36.3. The van der Waals surface area contributed by atoms with Crippen LogP contribution < -0.4 is 9.47 Å². The van der Waals surface area contributed by atoms with E-state index in [0.717, 1.165) is 62.7 Å². The molecule has 6 nitrogen and oxygen atoms in total. The number of hydrogen-bond acceptors (Lipinski definition) is 6. The van der Waals surface area contributed by atoms with E-state index in [4.69, 9.17) is 23.7 Å². The maximum Gasteiger partial charge on any atom is 0.330 e. The number of carbonyl (C=O) groups is 1. The van der Waals surface area contributed by atoms with E-state index in [-0.39, 0.29) is 12.4 Å². The van der Waals surface area contributed by atoms with Gasteiger partial charge in [0.2, 0.25) is 0 Å². The van der Waals surface area contributed by atoms with Gasteiger partial charge in [-0.25, -0.2) is 13.6 Å². The molecule has 46 heavy (non-hydrogen) atoms. The van der Waals surface area contributed by atoms with E-state index in [0.29, 0.717) is 56.1 Å². The molecule has 0 bridgehead atoms. The lowest BCUT2D eigenvalue weighted by molar-refractivity contribution is -0.137. The van der Waals surface area contributed by atoms with Gasteiger partial charge in [0.15, 0.2) is 18.4 Å². The number of hydrogen-bond donors (Lipinski definition) is 0. The fraction of sp³-hybridized carbons (Fsp3) is 0.395. The Balaban J connectivity index is 1.35. The Morgan fingerprint density at radius 1 is 0.652 bits per heavy atom. The number of halogens is 2. The van der Waals surface area contributed by atoms with Crippen molar-refractivity contribution in [2.45, 2.75) is 64.2 Å². The molecule has 0 N–H and O–H groups in total. The summed E-state index contributed by atoms with van der Waals surface area (Å²) >= 11 is 0. The van der Waals surface area contributed by atoms with Gasteiger partial charge in [0, 0.05) is 11.6 Å². The molecule has 248 valence electrons. The van der Waals surface area contributed by atoms with Gasteiger partial charge < -0.3 is 23.7 Å². The summed E-state index contributed by atoms with van der Waals surface area (Å²) in [6.07, 6.45) is 11.1. The molecule has 0 aliphatic carbocycles. The average molecular weight is 637 g/mol. The maximum atomic E-state index is 15.1. The summed E-state index contributed by atoms with van der Waals surface area (Å²) in [6, 6.07) is 18.1. The molecule has 0 unspecified atom stereocenters. The van der Waals surface area contributed by atoms with Gasteiger partial charge in [-0.15, -0.1) is 0 Å². The molecule has 8 heteroatoms. The molecule has 3 aromatic rings. The number of esters is 1. The second kappa shape index (κ2) is 21.5. The molecule has 0 fully saturated rings. The van der Waals surface area contributed by atoms with E-state index < -0.39 is 17.6 Å². The molecule has 0 spiro atoms. The summed E-state index contributed by atoms with van der Waals surface area (Å²) < 4.78 is 56.9. The van der Waals surface area contributed by atoms with Gasteiger partial charge in [-0.1, -0.05) is 56.0 Å². The fourth-order valence-corrected chi connectivity index (χ4v) is 4.75. The average Bonchev–Trinajstić information content (AvgIpc) is 3.08. The standard InChI is InChI=1S/C38H46F2O6/c1-3-36(41)46-28-12-8-7-11-26-44-33-20-14-30(15-21-33)13-16-32-19-24-35(38(40)37(32)39)31-17-22-34(23-18-31)45-27-10-6-5-9-25-43-29-42-4-2/h3-4,14-15,17-24H,1-2,5-13,16,25-29H2. The largest absolute Gasteiger partial charge is 0.494 e. The first-order valence-electron chi connectivity index (χ1n) is 16.0. The molecule has 0 saturated carbocycles. The van der Waals surface area contributed by atoms with Crippen LogP contribution in [0.4, 0.5) is 8.78 Å². The zero-order chi connectivity index (χ0) is 32.8. The Bertz CT molecular complexity index is 1320. The summed E-state index contributed by atoms with van der Waals surface area (Å²) in [4.78, 5) is 11.0. The molecule has 3 aromatic carbocycles. The molecule has 3 rings (SSSR count). The molecule has 0 heterocycles. The predicted octanol–water partition coefficient (Wildman–Crippen LogP) is 9.16. The Morgan fingerprint density at radius 2 is 1.24 bits per heavy atom. The van der Waals surface area contributed by atoms with Crippen LogP contribution >= 0.6 is 0 Å². The van der Waals surface area contributed by atoms with E-state index in [1.807, 2.05) is 24.3 Å². The van der Waals surface area contributed by atoms with Gasteiger partial charge in [0.05, 0.1) is 32.7 Å². The SMILES string of the molecule is C=COCOCCCCCCOc1ccc(-c2ccc(CCc3ccc(OCCCCCCOC(=O)C=C)cc3)c(F)c2F)cc1. The Hall–Kier alpha value is -4.17. The van der Waals surface area contributed by atoms with E-state index in [9.17, 15) is 4.79 Å². The lowest BCUT2D eigenvalue weighted by Crippen LogP contribution is -2.02. The van der Waals surface area contributed by atoms with Crippen LogP contribution in [0.25, 0.3) is 11.1 Å². The van der Waals surface area contributed by atoms with E-state index in [2.05, 4.69) is 13.2 Å². The zero-order valence-corrected chi connectivity index (χ0v) is 26.7. The minimum absolute atomic E-state index is 0.228. The molecule has 0 aliphatic heterocycles. The van der Waals surface area contributed by atoms with Crippen LogP contribution in [0.2, 0.25) is 0 Å². The van der Waals surface area contributed by atoms with Gasteiger partial charge in [0.25, 0.3) is 0 Å². The highest BCUT2D eigenvalue weighted by atomic mass is 19.2. The molecule has 0 saturated heterocycles. The van der Waals surface area contributed by atoms with Crippen molar-refractivity contribution >= 4 is 5.97 Å². The highest BCUT2D eigenvalue weighted by Gasteiger charge is 2.15. The summed E-state index contributed by atoms with van der Waals surface area (Å²) in [5.74, 6) is -0.570. The molecule has 0 amide bonds. The van der Waals surface area contributed by atoms with Crippen molar-refractivity contribution in [2.75, 3.05) is 33.2 Å². The highest BCUT2D eigenvalue weighted by Crippen LogP contribution is 2.29. The minimum atomic E-state index is -0.840. The molecule has 0 aromatic heterocycles. The van der Waals surface area contributed by atoms with Crippen molar-refractivity contribution in [3.63, 3.8) is 0 Å². The fourth-order valence-electron chi connectivity index (χ4n) is 4.75. The molecular weight excluding hydrogens is 590 g/mol. The summed E-state index contributed by atoms with van der Waals surface area (Å²) in [5, 5.41) is 0. The van der Waals surface area contributed by atoms with Gasteiger partial charge >= 0.3 is 5.97 Å². The van der Waals surface area contributed by atoms with Crippen LogP contribution in [0.5, 0.6) is 11.5 Å². The quantitative estimate of drug-likeness (QED) is 0.0321. The van der Waals surface area contributed by atoms with Gasteiger partial charge in [-0.2, -0.15) is 0 Å². The zero-order valence-electron chi connectivity index (χ0n) is 26.7. The molecule has 0 aliphatic rings. The van der Waals surface area contributed by atoms with E-state index >= 15 is 8.78 Å². The van der Waals surface area contributed by atoms with Crippen LogP contribution in [-0.2, 0) is 31.8 Å². The second-order valence-electron chi connectivity index (χ2n) is 10.8. The number of unbranched alkanes of at least 4 members (excludes halogenated alkanes) is 6. The van der Waals surface area contributed by atoms with E-state index in [1.165, 1.54) is 12.3 Å². The van der Waals surface area contributed by atoms with Crippen LogP contribution in [0.15, 0.2) is 86.2 Å². The number of rotatable bonds is 24. The third kappa shape index (κ3) is 13.4. The Labute approximate surface area is 272 Å². The van der Waals surface area contributed by atoms with Crippen LogP contribution in [0.1, 0.15) is 62.5 Å². The van der Waals surface area contributed by atoms with Gasteiger partial charge in [-0.3, -0.25) is 0 Å². The third-order valence-electron chi connectivity index (χ3n) is 7.37. The highest BCUT2D eigenvalue weighted by molar-refractivity contribution is 5.81. The lowest BCUT2D eigenvalue weighted by atomic mass is 9.99. The molecule has 0 atom stereocenters. The number of benzene rings is 3. The summed E-state index contributed by atoms with van der Waals surface area (Å²) in [6.45, 7) is 9.32. The maximum absolute atomic E-state index is 15.1. The molecular formula is C38H46F2O6. The van der Waals surface area contributed by atoms with Gasteiger partial charge in [-0.05, 0) is 98.7 Å². The smallest absolute Gasteiger partial charge is 0.330 e. The predicted molar refractivity (Wildman–Crippen MR) is 177 cm³/mol. The third-order valence-corrected chi connectivity index (χ3v) is 7.37. The first-order valence-corrected chi connectivity index (χ1v) is 16.0. The lowest BCUT2D eigenvalue weighted by Gasteiger charge is -2.11. The molecule has 0 radical (unpaired) electrons. The van der Waals surface area contributed by atoms with E-state index in [1.54, 1.807) is 36.4 Å². The first-order chi connectivity index (χ1) is 22.5. The second-order valence-corrected chi connectivity index (χ2v) is 10.8. The van der Waals surface area contributed by atoms with Crippen LogP contribution in [-0.4, -0.2) is 39.2 Å². The topological polar surface area (TPSA) is 63.2 Å². The van der Waals surface area contributed by atoms with Crippen molar-refractivity contribution in [1.82, 2.24) is 0 Å². The van der Waals surface area contributed by atoms with Crippen molar-refractivity contribution in [3.05, 3.63) is 109 Å². The van der Waals surface area contributed by atoms with Gasteiger partial charge in [0.1, 0.15) is 11.5 Å². The van der Waals surface area contributed by atoms with Crippen LogP contribution in [0.3, 0.4) is 0 Å². The minimum Gasteiger partial charge on any atom is -0.494 e. The number of aryl methyl sites for hydroxylation is 2.